The first-order valence-electron chi connectivity index (χ1n) is 5.17. The number of aliphatic carboxylic acids is 1. The van der Waals surface area contributed by atoms with Gasteiger partial charge in [0.05, 0.1) is 0 Å². The Kier molecular flexibility index (Phi) is 2.97. The van der Waals surface area contributed by atoms with E-state index in [1.807, 2.05) is 36.7 Å². The van der Waals surface area contributed by atoms with Gasteiger partial charge in [-0.25, -0.2) is 0 Å². The number of nitrogens with zero attached hydrogens (tertiary/aromatic N) is 1. The van der Waals surface area contributed by atoms with Gasteiger partial charge in [0.25, 0.3) is 0 Å². The molecule has 1 atom stereocenters. The Bertz CT molecular complexity index is 604. The molecule has 5 heteroatoms. The van der Waals surface area contributed by atoms with Gasteiger partial charge in [-0.1, -0.05) is 22.0 Å². The highest BCUT2D eigenvalue weighted by molar-refractivity contribution is 9.10. The van der Waals surface area contributed by atoms with Crippen LogP contribution in [0.3, 0.4) is 0 Å². The number of carbonyl (C=O) groups is 1. The van der Waals surface area contributed by atoms with Gasteiger partial charge >= 0.3 is 5.97 Å². The summed E-state index contributed by atoms with van der Waals surface area (Å²) < 4.78 is 2.82. The number of nitrogens with two attached hydrogens (primary N) is 1. The molecule has 0 bridgehead atoms. The number of fused-ring (bicyclic) bond motifs is 1. The van der Waals surface area contributed by atoms with E-state index in [9.17, 15) is 4.79 Å². The number of hydrogen-bond donors (Lipinski definition) is 2. The summed E-state index contributed by atoms with van der Waals surface area (Å²) in [4.78, 5) is 11.1. The zero-order valence-electron chi connectivity index (χ0n) is 9.57. The smallest absolute Gasteiger partial charge is 0.325 e. The Morgan fingerprint density at radius 3 is 2.76 bits per heavy atom. The molecule has 0 amide bonds. The van der Waals surface area contributed by atoms with Crippen molar-refractivity contribution in [3.63, 3.8) is 0 Å². The van der Waals surface area contributed by atoms with Crippen LogP contribution in [0.2, 0.25) is 0 Å². The Hall–Kier alpha value is -1.33. The van der Waals surface area contributed by atoms with Gasteiger partial charge in [0.2, 0.25) is 0 Å². The molecule has 0 saturated heterocycles. The molecule has 2 aromatic rings. The van der Waals surface area contributed by atoms with E-state index in [0.717, 1.165) is 21.1 Å². The highest BCUT2D eigenvalue weighted by Gasteiger charge is 2.24. The first-order chi connectivity index (χ1) is 7.95. The molecule has 0 saturated carbocycles. The summed E-state index contributed by atoms with van der Waals surface area (Å²) in [6.45, 7) is 1.88. The summed E-state index contributed by atoms with van der Waals surface area (Å²) in [7, 11) is 1.90. The lowest BCUT2D eigenvalue weighted by Gasteiger charge is -2.08. The van der Waals surface area contributed by atoms with E-state index in [1.54, 1.807) is 0 Å². The van der Waals surface area contributed by atoms with Gasteiger partial charge in [-0.15, -0.1) is 0 Å². The lowest BCUT2D eigenvalue weighted by Crippen LogP contribution is -2.21. The number of benzene rings is 1. The molecule has 0 fully saturated rings. The zero-order chi connectivity index (χ0) is 12.7. The predicted octanol–water partition coefficient (Wildman–Crippen LogP) is 2.33. The van der Waals surface area contributed by atoms with Gasteiger partial charge in [0.1, 0.15) is 6.04 Å². The molecule has 2 rings (SSSR count). The van der Waals surface area contributed by atoms with Crippen LogP contribution >= 0.6 is 15.9 Å². The summed E-state index contributed by atoms with van der Waals surface area (Å²) in [6, 6.07) is 4.75. The number of aromatic nitrogens is 1. The molecular weight excluding hydrogens is 284 g/mol. The van der Waals surface area contributed by atoms with E-state index in [-0.39, 0.29) is 0 Å². The van der Waals surface area contributed by atoms with Gasteiger partial charge < -0.3 is 15.4 Å². The van der Waals surface area contributed by atoms with Crippen LogP contribution in [0.5, 0.6) is 0 Å². The average Bonchev–Trinajstić information content (AvgIpc) is 2.53. The van der Waals surface area contributed by atoms with Crippen molar-refractivity contribution in [3.05, 3.63) is 33.9 Å². The number of rotatable bonds is 2. The van der Waals surface area contributed by atoms with E-state index in [1.165, 1.54) is 0 Å². The van der Waals surface area contributed by atoms with Crippen molar-refractivity contribution < 1.29 is 9.90 Å². The molecule has 90 valence electrons. The molecule has 1 aromatic heterocycles. The normalized spacial score (nSPS) is 12.9. The van der Waals surface area contributed by atoms with Crippen LogP contribution in [0.25, 0.3) is 10.9 Å². The van der Waals surface area contributed by atoms with Gasteiger partial charge in [-0.05, 0) is 19.1 Å². The molecule has 3 N–H and O–H groups in total. The summed E-state index contributed by atoms with van der Waals surface area (Å²) in [5, 5.41) is 9.95. The first-order valence-corrected chi connectivity index (χ1v) is 5.96. The second kappa shape index (κ2) is 4.16. The maximum Gasteiger partial charge on any atom is 0.325 e. The minimum absolute atomic E-state index is 0.669. The lowest BCUT2D eigenvalue weighted by atomic mass is 10.0. The standard InChI is InChI=1S/C12H13BrN2O2/c1-6-9(11(14)12(16)17)10-7(13)4-3-5-8(10)15(6)2/h3-5,11H,14H2,1-2H3,(H,16,17). The first kappa shape index (κ1) is 12.1. The molecular formula is C12H13BrN2O2. The van der Waals surface area contributed by atoms with E-state index in [0.29, 0.717) is 5.56 Å². The molecule has 0 aliphatic carbocycles. The second-order valence-electron chi connectivity index (χ2n) is 4.01. The van der Waals surface area contributed by atoms with Gasteiger partial charge in [0.15, 0.2) is 0 Å². The van der Waals surface area contributed by atoms with Crippen molar-refractivity contribution in [2.75, 3.05) is 0 Å². The van der Waals surface area contributed by atoms with Gasteiger partial charge in [0, 0.05) is 33.7 Å². The van der Waals surface area contributed by atoms with Crippen LogP contribution in [0.15, 0.2) is 22.7 Å². The van der Waals surface area contributed by atoms with Crippen LogP contribution in [-0.2, 0) is 11.8 Å². The summed E-state index contributed by atoms with van der Waals surface area (Å²) in [5.41, 5.74) is 8.27. The van der Waals surface area contributed by atoms with Crippen molar-refractivity contribution >= 4 is 32.8 Å². The SMILES string of the molecule is Cc1c(C(N)C(=O)O)c2c(Br)cccc2n1C. The molecule has 0 radical (unpaired) electrons. The Balaban J connectivity index is 2.87. The topological polar surface area (TPSA) is 68.2 Å². The third-order valence-corrected chi connectivity index (χ3v) is 3.75. The monoisotopic (exact) mass is 296 g/mol. The van der Waals surface area contributed by atoms with E-state index >= 15 is 0 Å². The fourth-order valence-corrected chi connectivity index (χ4v) is 2.67. The molecule has 0 aliphatic rings. The van der Waals surface area contributed by atoms with Crippen molar-refractivity contribution in [2.24, 2.45) is 12.8 Å². The molecule has 1 aromatic carbocycles. The summed E-state index contributed by atoms with van der Waals surface area (Å²) in [5.74, 6) is -1.02. The fraction of sp³-hybridized carbons (Fsp3) is 0.250. The molecule has 1 unspecified atom stereocenters. The Morgan fingerprint density at radius 1 is 1.53 bits per heavy atom. The molecule has 1 heterocycles. The Morgan fingerprint density at radius 2 is 2.18 bits per heavy atom. The Labute approximate surface area is 107 Å². The minimum Gasteiger partial charge on any atom is -0.480 e. The van der Waals surface area contributed by atoms with E-state index < -0.39 is 12.0 Å². The lowest BCUT2D eigenvalue weighted by molar-refractivity contribution is -0.138. The van der Waals surface area contributed by atoms with Crippen LogP contribution < -0.4 is 5.73 Å². The number of carboxylic acids is 1. The molecule has 0 aliphatic heterocycles. The number of carboxylic acid groups (broad SMARTS) is 1. The van der Waals surface area contributed by atoms with Gasteiger partial charge in [-0.3, -0.25) is 4.79 Å². The predicted molar refractivity (Wildman–Crippen MR) is 69.9 cm³/mol. The quantitative estimate of drug-likeness (QED) is 0.894. The zero-order valence-corrected chi connectivity index (χ0v) is 11.2. The average molecular weight is 297 g/mol. The van der Waals surface area contributed by atoms with Crippen LogP contribution in [0.1, 0.15) is 17.3 Å². The van der Waals surface area contributed by atoms with E-state index in [2.05, 4.69) is 15.9 Å². The number of aryl methyl sites for hydroxylation is 1. The number of hydrogen-bond acceptors (Lipinski definition) is 2. The molecule has 4 nitrogen and oxygen atoms in total. The highest BCUT2D eigenvalue weighted by Crippen LogP contribution is 2.34. The highest BCUT2D eigenvalue weighted by atomic mass is 79.9. The maximum atomic E-state index is 11.1. The molecule has 0 spiro atoms. The van der Waals surface area contributed by atoms with E-state index in [4.69, 9.17) is 10.8 Å². The van der Waals surface area contributed by atoms with Gasteiger partial charge in [-0.2, -0.15) is 0 Å². The van der Waals surface area contributed by atoms with Crippen LogP contribution in [0, 0.1) is 6.92 Å². The minimum atomic E-state index is -1.02. The van der Waals surface area contributed by atoms with Crippen molar-refractivity contribution in [1.29, 1.82) is 0 Å². The summed E-state index contributed by atoms with van der Waals surface area (Å²) in [6.07, 6.45) is 0. The number of halogens is 1. The maximum absolute atomic E-state index is 11.1. The second-order valence-corrected chi connectivity index (χ2v) is 4.86. The largest absolute Gasteiger partial charge is 0.480 e. The van der Waals surface area contributed by atoms with Crippen molar-refractivity contribution in [2.45, 2.75) is 13.0 Å². The third kappa shape index (κ3) is 1.75. The van der Waals surface area contributed by atoms with Crippen molar-refractivity contribution in [1.82, 2.24) is 4.57 Å². The van der Waals surface area contributed by atoms with Crippen LogP contribution in [-0.4, -0.2) is 15.6 Å². The third-order valence-electron chi connectivity index (χ3n) is 3.09. The van der Waals surface area contributed by atoms with Crippen molar-refractivity contribution in [3.8, 4) is 0 Å². The fourth-order valence-electron chi connectivity index (χ4n) is 2.11. The van der Waals surface area contributed by atoms with Crippen LogP contribution in [0.4, 0.5) is 0 Å². The summed E-state index contributed by atoms with van der Waals surface area (Å²) >= 11 is 3.45. The molecule has 17 heavy (non-hydrogen) atoms.